The van der Waals surface area contributed by atoms with Crippen LogP contribution < -0.4 is 0 Å². The molecule has 172 valence electrons. The molecule has 4 fully saturated rings. The SMILES string of the molecule is CO[C@H]1OC(=O)CC1[C@@H]1CC[C@]2(C)C3=CC[C@H]4C(C)(C)C(=O)CC[C@]4(C)C3CC[C@@]12C. The molecule has 4 heteroatoms. The first-order chi connectivity index (χ1) is 14.5. The molecule has 0 N–H and O–H groups in total. The Balaban J connectivity index is 1.51. The lowest BCUT2D eigenvalue weighted by Crippen LogP contribution is -2.57. The Labute approximate surface area is 187 Å². The highest BCUT2D eigenvalue weighted by atomic mass is 16.7. The minimum absolute atomic E-state index is 0.107. The molecule has 2 unspecified atom stereocenters. The quantitative estimate of drug-likeness (QED) is 0.418. The van der Waals surface area contributed by atoms with Crippen molar-refractivity contribution in [2.24, 2.45) is 45.3 Å². The Morgan fingerprint density at radius 1 is 1.03 bits per heavy atom. The summed E-state index contributed by atoms with van der Waals surface area (Å²) in [6.45, 7) is 11.9. The summed E-state index contributed by atoms with van der Waals surface area (Å²) in [6.07, 6.45) is 10.2. The van der Waals surface area contributed by atoms with Gasteiger partial charge in [-0.3, -0.25) is 9.59 Å². The van der Waals surface area contributed by atoms with Gasteiger partial charge >= 0.3 is 5.97 Å². The van der Waals surface area contributed by atoms with E-state index in [2.05, 4.69) is 40.7 Å². The molecule has 1 saturated heterocycles. The minimum Gasteiger partial charge on any atom is -0.435 e. The molecule has 1 aliphatic heterocycles. The highest BCUT2D eigenvalue weighted by Crippen LogP contribution is 2.73. The third-order valence-corrected chi connectivity index (χ3v) is 11.4. The number of ketones is 1. The van der Waals surface area contributed by atoms with E-state index in [0.717, 1.165) is 25.7 Å². The van der Waals surface area contributed by atoms with Gasteiger partial charge in [-0.2, -0.15) is 0 Å². The van der Waals surface area contributed by atoms with E-state index < -0.39 is 0 Å². The molecule has 1 heterocycles. The first-order valence-electron chi connectivity index (χ1n) is 12.4. The van der Waals surface area contributed by atoms with Crippen LogP contribution in [0.15, 0.2) is 11.6 Å². The molecule has 0 amide bonds. The number of Topliss-reactive ketones (excluding diaryl/α,β-unsaturated/α-hetero) is 1. The van der Waals surface area contributed by atoms with Gasteiger partial charge in [0.15, 0.2) is 0 Å². The van der Waals surface area contributed by atoms with Crippen LogP contribution in [-0.4, -0.2) is 25.2 Å². The molecule has 31 heavy (non-hydrogen) atoms. The first-order valence-corrected chi connectivity index (χ1v) is 12.4. The van der Waals surface area contributed by atoms with Crippen molar-refractivity contribution in [2.75, 3.05) is 7.11 Å². The van der Waals surface area contributed by atoms with Crippen molar-refractivity contribution < 1.29 is 19.1 Å². The highest BCUT2D eigenvalue weighted by molar-refractivity contribution is 5.85. The number of methoxy groups -OCH3 is 1. The highest BCUT2D eigenvalue weighted by Gasteiger charge is 2.66. The zero-order valence-corrected chi connectivity index (χ0v) is 20.3. The topological polar surface area (TPSA) is 52.6 Å². The fourth-order valence-electron chi connectivity index (χ4n) is 9.35. The fourth-order valence-corrected chi connectivity index (χ4v) is 9.35. The Kier molecular flexibility index (Phi) is 4.67. The molecule has 0 aromatic carbocycles. The summed E-state index contributed by atoms with van der Waals surface area (Å²) in [6, 6.07) is 0. The van der Waals surface area contributed by atoms with Crippen LogP contribution in [0.1, 0.15) is 86.0 Å². The number of fused-ring (bicyclic) bond motifs is 5. The van der Waals surface area contributed by atoms with Crippen molar-refractivity contribution >= 4 is 11.8 Å². The molecule has 4 aliphatic carbocycles. The molecule has 5 rings (SSSR count). The van der Waals surface area contributed by atoms with Crippen LogP contribution in [0.3, 0.4) is 0 Å². The first kappa shape index (κ1) is 21.7. The third-order valence-electron chi connectivity index (χ3n) is 11.4. The number of hydrogen-bond acceptors (Lipinski definition) is 4. The number of ether oxygens (including phenoxy) is 2. The lowest BCUT2D eigenvalue weighted by Gasteiger charge is -2.63. The largest absolute Gasteiger partial charge is 0.435 e. The predicted octanol–water partition coefficient (Wildman–Crippen LogP) is 5.70. The average Bonchev–Trinajstić information content (AvgIpc) is 3.21. The second kappa shape index (κ2) is 6.68. The van der Waals surface area contributed by atoms with E-state index in [1.807, 2.05) is 0 Å². The van der Waals surface area contributed by atoms with Crippen LogP contribution >= 0.6 is 0 Å². The van der Waals surface area contributed by atoms with Gasteiger partial charge in [0.05, 0.1) is 6.42 Å². The summed E-state index contributed by atoms with van der Waals surface area (Å²) in [5.41, 5.74) is 1.98. The maximum atomic E-state index is 12.8. The van der Waals surface area contributed by atoms with E-state index >= 15 is 0 Å². The van der Waals surface area contributed by atoms with Crippen molar-refractivity contribution in [3.63, 3.8) is 0 Å². The summed E-state index contributed by atoms with van der Waals surface area (Å²) in [4.78, 5) is 24.9. The molecule has 0 spiro atoms. The number of allylic oxidation sites excluding steroid dienone is 2. The monoisotopic (exact) mass is 428 g/mol. The van der Waals surface area contributed by atoms with Crippen LogP contribution in [0.4, 0.5) is 0 Å². The molecular formula is C27H40O4. The van der Waals surface area contributed by atoms with Crippen molar-refractivity contribution in [1.29, 1.82) is 0 Å². The normalized spacial score (nSPS) is 50.9. The number of carbonyl (C=O) groups excluding carboxylic acids is 2. The molecule has 5 aliphatic rings. The van der Waals surface area contributed by atoms with Crippen LogP contribution in [0, 0.1) is 45.3 Å². The molecule has 0 aromatic rings. The fraction of sp³-hybridized carbons (Fsp3) is 0.852. The Hall–Kier alpha value is -1.16. The second-order valence-electron chi connectivity index (χ2n) is 12.5. The van der Waals surface area contributed by atoms with Gasteiger partial charge in [-0.1, -0.05) is 46.3 Å². The molecule has 0 radical (unpaired) electrons. The number of rotatable bonds is 2. The van der Waals surface area contributed by atoms with Crippen molar-refractivity contribution in [3.8, 4) is 0 Å². The van der Waals surface area contributed by atoms with E-state index in [9.17, 15) is 9.59 Å². The number of esters is 1. The van der Waals surface area contributed by atoms with Crippen molar-refractivity contribution in [3.05, 3.63) is 11.6 Å². The molecule has 8 atom stereocenters. The zero-order chi connectivity index (χ0) is 22.4. The third kappa shape index (κ3) is 2.63. The Morgan fingerprint density at radius 3 is 2.48 bits per heavy atom. The zero-order valence-electron chi connectivity index (χ0n) is 20.3. The summed E-state index contributed by atoms with van der Waals surface area (Å²) in [7, 11) is 1.67. The molecular weight excluding hydrogens is 388 g/mol. The maximum absolute atomic E-state index is 12.8. The van der Waals surface area contributed by atoms with E-state index in [-0.39, 0.29) is 39.8 Å². The predicted molar refractivity (Wildman–Crippen MR) is 119 cm³/mol. The smallest absolute Gasteiger partial charge is 0.308 e. The number of carbonyl (C=O) groups is 2. The van der Waals surface area contributed by atoms with Crippen molar-refractivity contribution in [1.82, 2.24) is 0 Å². The van der Waals surface area contributed by atoms with Gasteiger partial charge in [-0.05, 0) is 72.5 Å². The van der Waals surface area contributed by atoms with E-state index in [0.29, 0.717) is 30.0 Å². The summed E-state index contributed by atoms with van der Waals surface area (Å²) >= 11 is 0. The van der Waals surface area contributed by atoms with Gasteiger partial charge in [0.1, 0.15) is 5.78 Å². The van der Waals surface area contributed by atoms with Crippen LogP contribution in [0.25, 0.3) is 0 Å². The van der Waals surface area contributed by atoms with Crippen LogP contribution in [-0.2, 0) is 19.1 Å². The van der Waals surface area contributed by atoms with Gasteiger partial charge in [-0.25, -0.2) is 0 Å². The molecule has 4 nitrogen and oxygen atoms in total. The molecule has 0 aromatic heterocycles. The lowest BCUT2D eigenvalue weighted by molar-refractivity contribution is -0.166. The van der Waals surface area contributed by atoms with E-state index in [4.69, 9.17) is 9.47 Å². The summed E-state index contributed by atoms with van der Waals surface area (Å²) < 4.78 is 11.1. The maximum Gasteiger partial charge on any atom is 0.308 e. The van der Waals surface area contributed by atoms with Gasteiger partial charge in [0.25, 0.3) is 0 Å². The average molecular weight is 429 g/mol. The van der Waals surface area contributed by atoms with E-state index in [1.165, 1.54) is 19.3 Å². The van der Waals surface area contributed by atoms with Crippen LogP contribution in [0.5, 0.6) is 0 Å². The number of cyclic esters (lactones) is 1. The van der Waals surface area contributed by atoms with Gasteiger partial charge < -0.3 is 9.47 Å². The van der Waals surface area contributed by atoms with Gasteiger partial charge in [-0.15, -0.1) is 0 Å². The minimum atomic E-state index is -0.387. The van der Waals surface area contributed by atoms with E-state index in [1.54, 1.807) is 12.7 Å². The number of hydrogen-bond donors (Lipinski definition) is 0. The Morgan fingerprint density at radius 2 is 1.77 bits per heavy atom. The summed E-state index contributed by atoms with van der Waals surface area (Å²) in [5.74, 6) is 1.99. The van der Waals surface area contributed by atoms with Gasteiger partial charge in [0, 0.05) is 24.9 Å². The van der Waals surface area contributed by atoms with Gasteiger partial charge in [0.2, 0.25) is 6.29 Å². The lowest BCUT2D eigenvalue weighted by atomic mass is 9.41. The standard InChI is InChI=1S/C27H40O4/c1-24(2)20-8-7-19-18(25(20,3)12-11-21(24)28)10-14-26(4)17(9-13-27(19,26)5)16-15-22(29)31-23(16)30-6/h7,16-18,20,23H,8-15H2,1-6H3/t16?,17-,18?,20-,23-,25+,26-,27+/m0/s1. The van der Waals surface area contributed by atoms with Crippen molar-refractivity contribution in [2.45, 2.75) is 92.3 Å². The summed E-state index contributed by atoms with van der Waals surface area (Å²) in [5, 5.41) is 0. The molecule has 0 bridgehead atoms. The molecule has 3 saturated carbocycles. The van der Waals surface area contributed by atoms with Crippen LogP contribution in [0.2, 0.25) is 0 Å². The Bertz CT molecular complexity index is 842. The second-order valence-corrected chi connectivity index (χ2v) is 12.5.